The lowest BCUT2D eigenvalue weighted by molar-refractivity contribution is -0.300. The Morgan fingerprint density at radius 2 is 1.62 bits per heavy atom. The van der Waals surface area contributed by atoms with E-state index in [1.807, 2.05) is 39.0 Å². The highest BCUT2D eigenvalue weighted by molar-refractivity contribution is 6.39. The van der Waals surface area contributed by atoms with Crippen molar-refractivity contribution in [3.63, 3.8) is 0 Å². The van der Waals surface area contributed by atoms with Gasteiger partial charge in [0.15, 0.2) is 0 Å². The predicted molar refractivity (Wildman–Crippen MR) is 231 cm³/mol. The first-order chi connectivity index (χ1) is 28.8. The van der Waals surface area contributed by atoms with Gasteiger partial charge in [0.25, 0.3) is 11.7 Å². The maximum absolute atomic E-state index is 14.4. The van der Waals surface area contributed by atoms with Gasteiger partial charge in [0, 0.05) is 44.9 Å². The van der Waals surface area contributed by atoms with Crippen LogP contribution >= 0.6 is 0 Å². The number of ether oxygens (including phenoxy) is 4. The summed E-state index contributed by atoms with van der Waals surface area (Å²) in [6.45, 7) is 13.5. The molecule has 61 heavy (non-hydrogen) atoms. The number of nitrogens with zero attached hydrogens (tertiary/aromatic N) is 1. The van der Waals surface area contributed by atoms with Crippen molar-refractivity contribution in [2.45, 2.75) is 186 Å². The maximum Gasteiger partial charge on any atom is 0.329 e. The van der Waals surface area contributed by atoms with Gasteiger partial charge in [-0.3, -0.25) is 14.4 Å². The fourth-order valence-corrected chi connectivity index (χ4v) is 9.83. The molecule has 0 aromatic rings. The van der Waals surface area contributed by atoms with Crippen LogP contribution in [0.1, 0.15) is 132 Å². The molecule has 3 fully saturated rings. The van der Waals surface area contributed by atoms with Crippen molar-refractivity contribution < 1.29 is 58.6 Å². The Morgan fingerprint density at radius 1 is 0.918 bits per heavy atom. The van der Waals surface area contributed by atoms with E-state index in [1.54, 1.807) is 14.0 Å². The number of aliphatic hydroxyl groups excluding tert-OH is 3. The molecule has 13 nitrogen and oxygen atoms in total. The average Bonchev–Trinajstić information content (AvgIpc) is 3.21. The Bertz CT molecular complexity index is 1570. The molecule has 346 valence electrons. The summed E-state index contributed by atoms with van der Waals surface area (Å²) in [5, 5.41) is 45.6. The molecule has 0 aromatic carbocycles. The number of amides is 1. The Labute approximate surface area is 364 Å². The molecule has 4 aliphatic rings. The van der Waals surface area contributed by atoms with Crippen LogP contribution in [-0.4, -0.2) is 124 Å². The second-order valence-corrected chi connectivity index (χ2v) is 19.2. The van der Waals surface area contributed by atoms with Gasteiger partial charge in [0.1, 0.15) is 24.0 Å². The quantitative estimate of drug-likeness (QED) is 0.124. The van der Waals surface area contributed by atoms with Crippen LogP contribution in [0.5, 0.6) is 0 Å². The molecule has 3 heterocycles. The van der Waals surface area contributed by atoms with Gasteiger partial charge in [-0.2, -0.15) is 0 Å². The summed E-state index contributed by atoms with van der Waals surface area (Å²) in [5.74, 6) is -7.57. The van der Waals surface area contributed by atoms with Crippen LogP contribution in [-0.2, 0) is 38.1 Å². The molecular formula is C48H77NO12. The second-order valence-electron chi connectivity index (χ2n) is 19.2. The van der Waals surface area contributed by atoms with Crippen LogP contribution in [0.15, 0.2) is 35.5 Å². The second kappa shape index (κ2) is 23.2. The number of allylic oxidation sites excluding steroid dienone is 5. The van der Waals surface area contributed by atoms with Crippen molar-refractivity contribution >= 4 is 23.4 Å². The van der Waals surface area contributed by atoms with E-state index in [0.717, 1.165) is 23.3 Å². The highest BCUT2D eigenvalue weighted by Gasteiger charge is 2.56. The topological polar surface area (TPSA) is 189 Å². The molecule has 1 saturated carbocycles. The van der Waals surface area contributed by atoms with E-state index in [2.05, 4.69) is 19.9 Å². The number of rotatable bonds is 9. The summed E-state index contributed by atoms with van der Waals surface area (Å²) in [6, 6.07) is -1.17. The zero-order valence-electron chi connectivity index (χ0n) is 38.3. The number of esters is 1. The molecule has 1 aliphatic carbocycles. The molecule has 14 atom stereocenters. The Hall–Kier alpha value is -2.78. The molecule has 4 N–H and O–H groups in total. The molecular weight excluding hydrogens is 783 g/mol. The van der Waals surface area contributed by atoms with Crippen molar-refractivity contribution in [3.8, 4) is 0 Å². The third-order valence-corrected chi connectivity index (χ3v) is 13.6. The summed E-state index contributed by atoms with van der Waals surface area (Å²) in [4.78, 5) is 58.2. The molecule has 2 bridgehead atoms. The third kappa shape index (κ3) is 13.4. The molecule has 3 aliphatic heterocycles. The Morgan fingerprint density at radius 3 is 2.30 bits per heavy atom. The Kier molecular flexibility index (Phi) is 19.4. The molecule has 2 saturated heterocycles. The summed E-state index contributed by atoms with van der Waals surface area (Å²) in [7, 11) is 3.03. The number of hydrogen-bond donors (Lipinski definition) is 4. The van der Waals surface area contributed by atoms with Crippen LogP contribution in [0.25, 0.3) is 0 Å². The number of methoxy groups -OCH3 is 2. The first-order valence-corrected chi connectivity index (χ1v) is 22.9. The normalized spacial score (nSPS) is 39.4. The van der Waals surface area contributed by atoms with Crippen LogP contribution in [0.3, 0.4) is 0 Å². The highest BCUT2D eigenvalue weighted by atomic mass is 16.7. The van der Waals surface area contributed by atoms with E-state index in [1.165, 1.54) is 14.0 Å². The average molecular weight is 860 g/mol. The minimum atomic E-state index is -2.59. The van der Waals surface area contributed by atoms with Crippen molar-refractivity contribution in [2.75, 3.05) is 20.8 Å². The molecule has 13 heteroatoms. The van der Waals surface area contributed by atoms with Crippen LogP contribution in [0.4, 0.5) is 0 Å². The van der Waals surface area contributed by atoms with Gasteiger partial charge in [0.05, 0.1) is 30.5 Å². The maximum atomic E-state index is 14.4. The van der Waals surface area contributed by atoms with Gasteiger partial charge in [-0.15, -0.1) is 0 Å². The minimum absolute atomic E-state index is 0.0193. The zero-order valence-corrected chi connectivity index (χ0v) is 38.3. The number of carbonyl (C=O) groups is 4. The first kappa shape index (κ1) is 50.9. The number of Topliss-reactive ketones (excluding diaryl/α,β-unsaturated/α-hetero) is 2. The summed E-state index contributed by atoms with van der Waals surface area (Å²) in [6.07, 6.45) is 8.06. The van der Waals surface area contributed by atoms with Crippen molar-refractivity contribution in [1.82, 2.24) is 4.90 Å². The summed E-state index contributed by atoms with van der Waals surface area (Å²) in [5.41, 5.74) is 1.60. The number of hydrogen-bond acceptors (Lipinski definition) is 12. The SMILES string of the molecule is CO[C@H]1C[C@@H](C)C/C(C)=C/[C@@H](C/C=C/CCC(C)C)C(=O)C[C@H](O)[C@@H](C)[C@@H](/C(C)=C/[C@@H]2CC[C@@H](O)[C@H](OC)C2)OC(=O)[C@@H]2CCCCN2C(=O)C(=O)[C@]2(O)O[C@H]1[C@@H](O)C[C@H]2C. The van der Waals surface area contributed by atoms with Gasteiger partial charge >= 0.3 is 5.97 Å². The predicted octanol–water partition coefficient (Wildman–Crippen LogP) is 5.79. The molecule has 0 radical (unpaired) electrons. The lowest BCUT2D eigenvalue weighted by atomic mass is 9.81. The van der Waals surface area contributed by atoms with Gasteiger partial charge in [-0.1, -0.05) is 64.5 Å². The fourth-order valence-electron chi connectivity index (χ4n) is 9.83. The lowest BCUT2D eigenvalue weighted by Crippen LogP contribution is -2.64. The standard InChI is InChI=1S/C48H77NO12/c1-28(2)15-11-10-12-16-35-22-29(3)21-30(4)23-42(59-9)44-40(53)25-32(6)48(57,61-44)45(54)46(55)49-20-14-13-17-36(49)47(56)60-43(33(7)38(51)27-39(35)52)31(5)24-34-18-19-37(50)41(26-34)58-8/h10,12,22,24,28,30,32-38,40-44,50-51,53,57H,11,13-21,23,25-27H2,1-9H3/b12-10+,29-22+,31-24+/t30-,32+,33+,34-,35+,36-,37+,38-,40-,41+,42-,43+,44-,48+/m0/s1. The first-order valence-electron chi connectivity index (χ1n) is 22.9. The van der Waals surface area contributed by atoms with E-state index in [9.17, 15) is 39.6 Å². The van der Waals surface area contributed by atoms with E-state index < -0.39 is 83.9 Å². The fraction of sp³-hybridized carbons (Fsp3) is 0.792. The minimum Gasteiger partial charge on any atom is -0.456 e. The molecule has 4 rings (SSSR count). The smallest absolute Gasteiger partial charge is 0.329 e. The third-order valence-electron chi connectivity index (χ3n) is 13.6. The summed E-state index contributed by atoms with van der Waals surface area (Å²) >= 11 is 0. The number of fused-ring (bicyclic) bond motifs is 3. The van der Waals surface area contributed by atoms with E-state index in [-0.39, 0.29) is 49.5 Å². The van der Waals surface area contributed by atoms with Crippen molar-refractivity contribution in [3.05, 3.63) is 35.5 Å². The lowest BCUT2D eigenvalue weighted by Gasteiger charge is -2.46. The summed E-state index contributed by atoms with van der Waals surface area (Å²) < 4.78 is 23.8. The highest BCUT2D eigenvalue weighted by Crippen LogP contribution is 2.38. The van der Waals surface area contributed by atoms with Crippen LogP contribution in [0, 0.1) is 35.5 Å². The monoisotopic (exact) mass is 860 g/mol. The van der Waals surface area contributed by atoms with Crippen LogP contribution in [0.2, 0.25) is 0 Å². The number of carbonyl (C=O) groups excluding carboxylic acids is 4. The molecule has 0 aromatic heterocycles. The van der Waals surface area contributed by atoms with Crippen molar-refractivity contribution in [1.29, 1.82) is 0 Å². The van der Waals surface area contributed by atoms with E-state index >= 15 is 0 Å². The Balaban J connectivity index is 1.77. The van der Waals surface area contributed by atoms with Gasteiger partial charge in [-0.05, 0) is 114 Å². The van der Waals surface area contributed by atoms with Crippen LogP contribution < -0.4 is 0 Å². The van der Waals surface area contributed by atoms with Gasteiger partial charge in [0.2, 0.25) is 5.79 Å². The van der Waals surface area contributed by atoms with Gasteiger partial charge in [-0.25, -0.2) is 4.79 Å². The largest absolute Gasteiger partial charge is 0.456 e. The molecule has 0 unspecified atom stereocenters. The van der Waals surface area contributed by atoms with Gasteiger partial charge < -0.3 is 44.3 Å². The molecule has 0 spiro atoms. The number of ketones is 2. The van der Waals surface area contributed by atoms with E-state index in [0.29, 0.717) is 62.9 Å². The number of aliphatic hydroxyl groups is 4. The number of cyclic esters (lactones) is 1. The zero-order chi connectivity index (χ0) is 45.2. The number of piperidine rings is 1. The van der Waals surface area contributed by atoms with E-state index in [4.69, 9.17) is 18.9 Å². The molecule has 1 amide bonds. The van der Waals surface area contributed by atoms with Crippen molar-refractivity contribution in [2.24, 2.45) is 35.5 Å².